The number of hydrogen-bond acceptors (Lipinski definition) is 3. The first-order valence-corrected chi connectivity index (χ1v) is 16.6. The Bertz CT molecular complexity index is 3040. The first-order valence-electron chi connectivity index (χ1n) is 16.6. The monoisotopic (exact) mass is 626 g/mol. The average molecular weight is 627 g/mol. The van der Waals surface area contributed by atoms with Crippen LogP contribution in [0.4, 0.5) is 0 Å². The van der Waals surface area contributed by atoms with Crippen molar-refractivity contribution < 1.29 is 13.3 Å². The molecule has 11 rings (SSSR count). The summed E-state index contributed by atoms with van der Waals surface area (Å²) in [5, 5.41) is 9.94. The Morgan fingerprint density at radius 3 is 1.45 bits per heavy atom. The van der Waals surface area contributed by atoms with Gasteiger partial charge in [0.05, 0.1) is 5.39 Å². The van der Waals surface area contributed by atoms with Gasteiger partial charge in [0, 0.05) is 32.7 Å². The highest BCUT2D eigenvalue weighted by atomic mass is 16.3. The van der Waals surface area contributed by atoms with Gasteiger partial charge in [0.25, 0.3) is 0 Å². The summed E-state index contributed by atoms with van der Waals surface area (Å²) < 4.78 is 19.9. The number of fused-ring (bicyclic) bond motifs is 10. The predicted octanol–water partition coefficient (Wildman–Crippen LogP) is 13.5. The van der Waals surface area contributed by atoms with Crippen molar-refractivity contribution in [2.45, 2.75) is 0 Å². The molecule has 3 heteroatoms. The smallest absolute Gasteiger partial charge is 0.147 e. The topological polar surface area (TPSA) is 39.4 Å². The van der Waals surface area contributed by atoms with Gasteiger partial charge in [-0.1, -0.05) is 127 Å². The fraction of sp³-hybridized carbons (Fsp3) is 0. The van der Waals surface area contributed by atoms with Crippen LogP contribution in [0, 0.1) is 0 Å². The Balaban J connectivity index is 1.32. The summed E-state index contributed by atoms with van der Waals surface area (Å²) in [4.78, 5) is 0. The fourth-order valence-corrected chi connectivity index (χ4v) is 8.08. The van der Waals surface area contributed by atoms with E-state index >= 15 is 0 Å². The van der Waals surface area contributed by atoms with Crippen LogP contribution in [0.5, 0.6) is 0 Å². The molecule has 3 aromatic heterocycles. The van der Waals surface area contributed by atoms with E-state index in [0.29, 0.717) is 0 Å². The van der Waals surface area contributed by atoms with Gasteiger partial charge >= 0.3 is 0 Å². The van der Waals surface area contributed by atoms with E-state index in [1.807, 2.05) is 24.3 Å². The minimum Gasteiger partial charge on any atom is -0.456 e. The Morgan fingerprint density at radius 1 is 0.286 bits per heavy atom. The molecule has 49 heavy (non-hydrogen) atoms. The average Bonchev–Trinajstić information content (AvgIpc) is 3.85. The lowest BCUT2D eigenvalue weighted by Gasteiger charge is -2.18. The molecule has 0 saturated heterocycles. The van der Waals surface area contributed by atoms with Crippen molar-refractivity contribution >= 4 is 76.4 Å². The molecule has 0 amide bonds. The van der Waals surface area contributed by atoms with Crippen molar-refractivity contribution in [2.75, 3.05) is 0 Å². The molecule has 0 saturated carbocycles. The molecule has 0 unspecified atom stereocenters. The SMILES string of the molecule is c1ccc(-c2c(-c3c4ccccc4c(-c4cccc5oc6ccccc6c45)c4ccccc34)oc3c2ccc2oc4ccccc4c23)cc1. The van der Waals surface area contributed by atoms with E-state index in [2.05, 4.69) is 133 Å². The third kappa shape index (κ3) is 3.67. The fourth-order valence-electron chi connectivity index (χ4n) is 8.08. The summed E-state index contributed by atoms with van der Waals surface area (Å²) in [6.45, 7) is 0. The van der Waals surface area contributed by atoms with Crippen LogP contribution in [0.15, 0.2) is 171 Å². The number of para-hydroxylation sites is 2. The van der Waals surface area contributed by atoms with Crippen molar-refractivity contribution in [1.82, 2.24) is 0 Å². The van der Waals surface area contributed by atoms with Gasteiger partial charge in [0.15, 0.2) is 0 Å². The highest BCUT2D eigenvalue weighted by Crippen LogP contribution is 2.51. The number of benzene rings is 8. The van der Waals surface area contributed by atoms with E-state index < -0.39 is 0 Å². The van der Waals surface area contributed by atoms with Crippen LogP contribution < -0.4 is 0 Å². The van der Waals surface area contributed by atoms with Crippen LogP contribution in [0.2, 0.25) is 0 Å². The van der Waals surface area contributed by atoms with Crippen molar-refractivity contribution in [2.24, 2.45) is 0 Å². The molecule has 0 aliphatic rings. The van der Waals surface area contributed by atoms with Crippen LogP contribution in [0.3, 0.4) is 0 Å². The van der Waals surface area contributed by atoms with E-state index in [-0.39, 0.29) is 0 Å². The molecule has 0 aliphatic carbocycles. The van der Waals surface area contributed by atoms with Gasteiger partial charge < -0.3 is 13.3 Å². The molecular weight excluding hydrogens is 601 g/mol. The van der Waals surface area contributed by atoms with Crippen molar-refractivity contribution in [3.05, 3.63) is 158 Å². The van der Waals surface area contributed by atoms with Crippen LogP contribution in [0.25, 0.3) is 110 Å². The zero-order valence-corrected chi connectivity index (χ0v) is 26.2. The number of rotatable bonds is 3. The molecule has 3 heterocycles. The Labute approximate surface area is 280 Å². The first kappa shape index (κ1) is 26.5. The van der Waals surface area contributed by atoms with Crippen molar-refractivity contribution in [3.63, 3.8) is 0 Å². The van der Waals surface area contributed by atoms with E-state index in [4.69, 9.17) is 13.3 Å². The second-order valence-electron chi connectivity index (χ2n) is 12.7. The summed E-state index contributed by atoms with van der Waals surface area (Å²) in [6.07, 6.45) is 0. The molecule has 0 bridgehead atoms. The Kier molecular flexibility index (Phi) is 5.38. The minimum atomic E-state index is 0.819. The van der Waals surface area contributed by atoms with Crippen LogP contribution in [-0.4, -0.2) is 0 Å². The molecule has 0 fully saturated rings. The van der Waals surface area contributed by atoms with E-state index in [1.54, 1.807) is 0 Å². The first-order chi connectivity index (χ1) is 24.3. The number of hydrogen-bond donors (Lipinski definition) is 0. The molecule has 0 spiro atoms. The standard InChI is InChI=1S/C46H26O3/c1-2-13-27(14-3-1)40-35-25-26-39-44(33-20-9-11-23-37(33)48-39)45(35)49-46(40)43-30-17-6-4-15-28(30)41(29-16-5-7-18-31(29)43)34-21-12-24-38-42(34)32-19-8-10-22-36(32)47-38/h1-26H. The predicted molar refractivity (Wildman–Crippen MR) is 202 cm³/mol. The maximum Gasteiger partial charge on any atom is 0.147 e. The van der Waals surface area contributed by atoms with Gasteiger partial charge in [0.1, 0.15) is 33.7 Å². The van der Waals surface area contributed by atoms with Gasteiger partial charge in [-0.3, -0.25) is 0 Å². The van der Waals surface area contributed by atoms with E-state index in [0.717, 1.165) is 104 Å². The van der Waals surface area contributed by atoms with Gasteiger partial charge in [-0.15, -0.1) is 0 Å². The summed E-state index contributed by atoms with van der Waals surface area (Å²) in [5.74, 6) is 0.852. The largest absolute Gasteiger partial charge is 0.456 e. The third-order valence-electron chi connectivity index (χ3n) is 10.1. The van der Waals surface area contributed by atoms with Gasteiger partial charge in [-0.25, -0.2) is 0 Å². The van der Waals surface area contributed by atoms with Crippen molar-refractivity contribution in [1.29, 1.82) is 0 Å². The van der Waals surface area contributed by atoms with Crippen LogP contribution >= 0.6 is 0 Å². The molecule has 11 aromatic rings. The van der Waals surface area contributed by atoms with E-state index in [1.165, 1.54) is 5.56 Å². The highest BCUT2D eigenvalue weighted by Gasteiger charge is 2.26. The molecule has 0 aliphatic heterocycles. The van der Waals surface area contributed by atoms with Crippen LogP contribution in [-0.2, 0) is 0 Å². The van der Waals surface area contributed by atoms with Gasteiger partial charge in [0.2, 0.25) is 0 Å². The normalized spacial score (nSPS) is 12.1. The second-order valence-corrected chi connectivity index (χ2v) is 12.7. The molecule has 3 nitrogen and oxygen atoms in total. The Hall–Kier alpha value is -6.58. The lowest BCUT2D eigenvalue weighted by Crippen LogP contribution is -1.91. The van der Waals surface area contributed by atoms with Gasteiger partial charge in [-0.05, 0) is 68.6 Å². The summed E-state index contributed by atoms with van der Waals surface area (Å²) in [6, 6.07) is 55.3. The molecule has 0 radical (unpaired) electrons. The lowest BCUT2D eigenvalue weighted by atomic mass is 9.85. The zero-order valence-electron chi connectivity index (χ0n) is 26.2. The molecular formula is C46H26O3. The molecule has 0 atom stereocenters. The summed E-state index contributed by atoms with van der Waals surface area (Å²) in [7, 11) is 0. The highest BCUT2D eigenvalue weighted by molar-refractivity contribution is 6.28. The minimum absolute atomic E-state index is 0.819. The maximum absolute atomic E-state index is 7.22. The van der Waals surface area contributed by atoms with Crippen LogP contribution in [0.1, 0.15) is 0 Å². The molecule has 0 N–H and O–H groups in total. The van der Waals surface area contributed by atoms with Crippen molar-refractivity contribution in [3.8, 4) is 33.6 Å². The Morgan fingerprint density at radius 2 is 0.796 bits per heavy atom. The van der Waals surface area contributed by atoms with E-state index in [9.17, 15) is 0 Å². The van der Waals surface area contributed by atoms with Gasteiger partial charge in [-0.2, -0.15) is 0 Å². The quantitative estimate of drug-likeness (QED) is 0.183. The summed E-state index contributed by atoms with van der Waals surface area (Å²) >= 11 is 0. The summed E-state index contributed by atoms with van der Waals surface area (Å²) in [5.41, 5.74) is 9.89. The molecule has 8 aromatic carbocycles. The zero-order chi connectivity index (χ0) is 32.1. The molecule has 228 valence electrons. The maximum atomic E-state index is 7.22. The third-order valence-corrected chi connectivity index (χ3v) is 10.1. The lowest BCUT2D eigenvalue weighted by molar-refractivity contribution is 0.636. The second kappa shape index (κ2) is 9.96. The number of furan rings is 3.